The van der Waals surface area contributed by atoms with E-state index in [-0.39, 0.29) is 37.0 Å². The highest BCUT2D eigenvalue weighted by molar-refractivity contribution is 5.85. The predicted molar refractivity (Wildman–Crippen MR) is 109 cm³/mol. The van der Waals surface area contributed by atoms with E-state index in [1.165, 1.54) is 12.1 Å². The van der Waals surface area contributed by atoms with Crippen molar-refractivity contribution in [3.63, 3.8) is 0 Å². The third-order valence-electron chi connectivity index (χ3n) is 5.43. The number of ether oxygens (including phenoxy) is 1. The maximum absolute atomic E-state index is 14.3. The Bertz CT molecular complexity index is 1060. The molecule has 1 N–H and O–H groups in total. The lowest BCUT2D eigenvalue weighted by molar-refractivity contribution is -0.140. The molecule has 1 fully saturated rings. The van der Waals surface area contributed by atoms with Crippen LogP contribution >= 0.6 is 12.4 Å². The molecule has 0 aliphatic heterocycles. The van der Waals surface area contributed by atoms with Crippen LogP contribution in [0.1, 0.15) is 29.5 Å². The van der Waals surface area contributed by atoms with E-state index in [9.17, 15) is 22.0 Å². The van der Waals surface area contributed by atoms with E-state index >= 15 is 0 Å². The molecule has 166 valence electrons. The molecule has 9 heteroatoms. The zero-order chi connectivity index (χ0) is 21.3. The minimum atomic E-state index is -4.72. The van der Waals surface area contributed by atoms with E-state index in [0.717, 1.165) is 35.7 Å². The zero-order valence-corrected chi connectivity index (χ0v) is 17.1. The first-order valence-electron chi connectivity index (χ1n) is 9.54. The van der Waals surface area contributed by atoms with Crippen LogP contribution in [0.4, 0.5) is 22.0 Å². The summed E-state index contributed by atoms with van der Waals surface area (Å²) in [6.45, 7) is 0.318. The van der Waals surface area contributed by atoms with Crippen LogP contribution in [0, 0.1) is 11.6 Å². The number of hydrogen-bond acceptors (Lipinski definition) is 3. The van der Waals surface area contributed by atoms with Crippen LogP contribution in [0.25, 0.3) is 10.8 Å². The fourth-order valence-corrected chi connectivity index (χ4v) is 3.60. The lowest BCUT2D eigenvalue weighted by atomic mass is 9.88. The second-order valence-corrected chi connectivity index (χ2v) is 7.35. The molecule has 1 heterocycles. The van der Waals surface area contributed by atoms with Crippen molar-refractivity contribution in [2.24, 2.45) is 0 Å². The van der Waals surface area contributed by atoms with Crippen molar-refractivity contribution >= 4 is 23.2 Å². The van der Waals surface area contributed by atoms with Gasteiger partial charge in [-0.3, -0.25) is 4.98 Å². The SMILES string of the molecule is Cl.Fc1cc(CO[C@@H]2CC[C@H]2NCc2c(F)ccc3cnccc23)ccc1C(F)(F)F. The molecule has 1 aliphatic rings. The molecular formula is C22H20ClF5N2O. The lowest BCUT2D eigenvalue weighted by Crippen LogP contribution is -2.49. The summed E-state index contributed by atoms with van der Waals surface area (Å²) in [6.07, 6.45) is -0.00204. The molecule has 0 radical (unpaired) electrons. The minimum absolute atomic E-state index is 0. The zero-order valence-electron chi connectivity index (χ0n) is 16.3. The van der Waals surface area contributed by atoms with E-state index in [4.69, 9.17) is 4.74 Å². The highest BCUT2D eigenvalue weighted by Crippen LogP contribution is 2.32. The Morgan fingerprint density at radius 3 is 2.52 bits per heavy atom. The Morgan fingerprint density at radius 1 is 1.03 bits per heavy atom. The van der Waals surface area contributed by atoms with Crippen LogP contribution in [0.5, 0.6) is 0 Å². The van der Waals surface area contributed by atoms with E-state index in [1.807, 2.05) is 0 Å². The third kappa shape index (κ3) is 5.14. The molecule has 31 heavy (non-hydrogen) atoms. The first kappa shape index (κ1) is 23.4. The largest absolute Gasteiger partial charge is 0.419 e. The number of aromatic nitrogens is 1. The van der Waals surface area contributed by atoms with Crippen molar-refractivity contribution in [2.75, 3.05) is 0 Å². The van der Waals surface area contributed by atoms with Gasteiger partial charge in [-0.2, -0.15) is 13.2 Å². The third-order valence-corrected chi connectivity index (χ3v) is 5.43. The first-order valence-corrected chi connectivity index (χ1v) is 9.54. The van der Waals surface area contributed by atoms with E-state index in [2.05, 4.69) is 10.3 Å². The van der Waals surface area contributed by atoms with Gasteiger partial charge < -0.3 is 10.1 Å². The summed E-state index contributed by atoms with van der Waals surface area (Å²) in [5.41, 5.74) is -0.411. The molecule has 0 unspecified atom stereocenters. The molecule has 0 amide bonds. The Labute approximate surface area is 182 Å². The van der Waals surface area contributed by atoms with Gasteiger partial charge in [-0.15, -0.1) is 12.4 Å². The van der Waals surface area contributed by atoms with Crippen LogP contribution < -0.4 is 5.32 Å². The molecule has 0 saturated heterocycles. The average Bonchev–Trinajstić information content (AvgIpc) is 2.68. The molecule has 3 nitrogen and oxygen atoms in total. The number of nitrogens with one attached hydrogen (secondary N) is 1. The number of hydrogen-bond donors (Lipinski definition) is 1. The number of fused-ring (bicyclic) bond motifs is 1. The number of pyridine rings is 1. The highest BCUT2D eigenvalue weighted by Gasteiger charge is 2.34. The van der Waals surface area contributed by atoms with Crippen molar-refractivity contribution < 1.29 is 26.7 Å². The fraction of sp³-hybridized carbons (Fsp3) is 0.318. The highest BCUT2D eigenvalue weighted by atomic mass is 35.5. The van der Waals surface area contributed by atoms with Crippen molar-refractivity contribution in [2.45, 2.75) is 44.3 Å². The second kappa shape index (κ2) is 9.46. The summed E-state index contributed by atoms with van der Waals surface area (Å²) in [5.74, 6) is -1.62. The van der Waals surface area contributed by atoms with E-state index in [1.54, 1.807) is 24.5 Å². The van der Waals surface area contributed by atoms with Crippen molar-refractivity contribution in [3.05, 3.63) is 77.1 Å². The molecule has 0 spiro atoms. The Balaban J connectivity index is 0.00000272. The molecule has 2 aromatic carbocycles. The second-order valence-electron chi connectivity index (χ2n) is 7.35. The van der Waals surface area contributed by atoms with Gasteiger partial charge in [0.1, 0.15) is 11.6 Å². The van der Waals surface area contributed by atoms with Gasteiger partial charge >= 0.3 is 6.18 Å². The molecule has 3 aromatic rings. The smallest absolute Gasteiger partial charge is 0.372 e. The van der Waals surface area contributed by atoms with Crippen LogP contribution in [-0.4, -0.2) is 17.1 Å². The van der Waals surface area contributed by atoms with Gasteiger partial charge in [-0.05, 0) is 54.1 Å². The number of benzene rings is 2. The Hall–Kier alpha value is -2.29. The number of nitrogens with zero attached hydrogens (tertiary/aromatic N) is 1. The summed E-state index contributed by atoms with van der Waals surface area (Å²) < 4.78 is 71.7. The Morgan fingerprint density at radius 2 is 1.84 bits per heavy atom. The first-order chi connectivity index (χ1) is 14.3. The Kier molecular flexibility index (Phi) is 7.13. The van der Waals surface area contributed by atoms with Gasteiger partial charge in [-0.25, -0.2) is 8.78 Å². The maximum Gasteiger partial charge on any atom is 0.419 e. The molecule has 4 rings (SSSR count). The van der Waals surface area contributed by atoms with Gasteiger partial charge in [0.25, 0.3) is 0 Å². The van der Waals surface area contributed by atoms with Crippen molar-refractivity contribution in [1.29, 1.82) is 0 Å². The van der Waals surface area contributed by atoms with Gasteiger partial charge in [-0.1, -0.05) is 6.07 Å². The molecule has 2 atom stereocenters. The number of halogens is 6. The summed E-state index contributed by atoms with van der Waals surface area (Å²) in [6, 6.07) is 7.64. The van der Waals surface area contributed by atoms with Gasteiger partial charge in [0.2, 0.25) is 0 Å². The van der Waals surface area contributed by atoms with Crippen molar-refractivity contribution in [3.8, 4) is 0 Å². The lowest BCUT2D eigenvalue weighted by Gasteiger charge is -2.37. The predicted octanol–water partition coefficient (Wildman–Crippen LogP) is 5.79. The number of rotatable bonds is 6. The molecular weight excluding hydrogens is 439 g/mol. The molecule has 1 aromatic heterocycles. The fourth-order valence-electron chi connectivity index (χ4n) is 3.60. The average molecular weight is 459 g/mol. The normalized spacial score (nSPS) is 18.5. The standard InChI is InChI=1S/C22H19F5N2O.ClH/c23-18-4-2-14-10-28-8-7-15(14)16(18)11-29-20-5-6-21(20)30-12-13-1-3-17(19(24)9-13)22(25,26)27;/h1-4,7-10,20-21,29H,5-6,11-12H2;1H/t20-,21-;/m1./s1. The topological polar surface area (TPSA) is 34.1 Å². The van der Waals surface area contributed by atoms with Gasteiger partial charge in [0.05, 0.1) is 18.3 Å². The molecule has 1 aliphatic carbocycles. The van der Waals surface area contributed by atoms with Crippen LogP contribution in [0.15, 0.2) is 48.8 Å². The van der Waals surface area contributed by atoms with Crippen LogP contribution in [0.2, 0.25) is 0 Å². The van der Waals surface area contributed by atoms with E-state index in [0.29, 0.717) is 17.7 Å². The summed E-state index contributed by atoms with van der Waals surface area (Å²) in [4.78, 5) is 4.04. The van der Waals surface area contributed by atoms with Crippen LogP contribution in [-0.2, 0) is 24.1 Å². The number of alkyl halides is 3. The minimum Gasteiger partial charge on any atom is -0.372 e. The maximum atomic E-state index is 14.3. The monoisotopic (exact) mass is 458 g/mol. The van der Waals surface area contributed by atoms with Crippen LogP contribution in [0.3, 0.4) is 0 Å². The van der Waals surface area contributed by atoms with E-state index < -0.39 is 17.6 Å². The summed E-state index contributed by atoms with van der Waals surface area (Å²) >= 11 is 0. The van der Waals surface area contributed by atoms with Crippen molar-refractivity contribution in [1.82, 2.24) is 10.3 Å². The molecule has 0 bridgehead atoms. The molecule has 1 saturated carbocycles. The summed E-state index contributed by atoms with van der Waals surface area (Å²) in [5, 5.41) is 4.92. The van der Waals surface area contributed by atoms with Gasteiger partial charge in [0, 0.05) is 35.9 Å². The summed E-state index contributed by atoms with van der Waals surface area (Å²) in [7, 11) is 0. The van der Waals surface area contributed by atoms with Gasteiger partial charge in [0.15, 0.2) is 0 Å². The quantitative estimate of drug-likeness (QED) is 0.475.